The molecule has 0 bridgehead atoms. The van der Waals surface area contributed by atoms with Gasteiger partial charge >= 0.3 is 11.9 Å². The van der Waals surface area contributed by atoms with Crippen molar-refractivity contribution in [2.45, 2.75) is 12.7 Å². The van der Waals surface area contributed by atoms with Gasteiger partial charge in [-0.15, -0.1) is 0 Å². The monoisotopic (exact) mass is 349 g/mol. The highest BCUT2D eigenvalue weighted by Gasteiger charge is 2.32. The van der Waals surface area contributed by atoms with Crippen molar-refractivity contribution in [3.05, 3.63) is 65.8 Å². The van der Waals surface area contributed by atoms with Crippen LogP contribution in [0.1, 0.15) is 11.3 Å². The van der Waals surface area contributed by atoms with Crippen LogP contribution < -0.4 is 16.8 Å². The number of rotatable bonds is 2. The molecule has 6 nitrogen and oxygen atoms in total. The zero-order valence-electron chi connectivity index (χ0n) is 12.0. The maximum Gasteiger partial charge on any atom is 0.417 e. The highest BCUT2D eigenvalue weighted by molar-refractivity contribution is 6.30. The van der Waals surface area contributed by atoms with E-state index < -0.39 is 40.1 Å². The molecule has 0 aliphatic heterocycles. The van der Waals surface area contributed by atoms with Gasteiger partial charge in [0.25, 0.3) is 11.1 Å². The Morgan fingerprint density at radius 2 is 1.70 bits per heavy atom. The molecular weight excluding hydrogens is 339 g/mol. The SMILES string of the molecule is Cn1c(Cn2cc(C(F)(F)F)cc(Cl)c2=O)cc(=O)n(C)c1=O. The fourth-order valence-electron chi connectivity index (χ4n) is 1.98. The van der Waals surface area contributed by atoms with Crippen LogP contribution in [-0.2, 0) is 26.8 Å². The fraction of sp³-hybridized carbons (Fsp3) is 0.308. The zero-order valence-corrected chi connectivity index (χ0v) is 12.8. The largest absolute Gasteiger partial charge is 0.417 e. The molecule has 0 N–H and O–H groups in total. The summed E-state index contributed by atoms with van der Waals surface area (Å²) in [5, 5.41) is -0.603. The summed E-state index contributed by atoms with van der Waals surface area (Å²) in [5.74, 6) is 0. The molecule has 0 atom stereocenters. The van der Waals surface area contributed by atoms with Crippen molar-refractivity contribution in [2.24, 2.45) is 14.1 Å². The Morgan fingerprint density at radius 3 is 2.26 bits per heavy atom. The van der Waals surface area contributed by atoms with Gasteiger partial charge in [-0.05, 0) is 6.07 Å². The number of alkyl halides is 3. The summed E-state index contributed by atoms with van der Waals surface area (Å²) in [4.78, 5) is 35.3. The van der Waals surface area contributed by atoms with Gasteiger partial charge in [0.1, 0.15) is 5.02 Å². The third-order valence-corrected chi connectivity index (χ3v) is 3.60. The van der Waals surface area contributed by atoms with Crippen molar-refractivity contribution in [1.82, 2.24) is 13.7 Å². The predicted molar refractivity (Wildman–Crippen MR) is 76.7 cm³/mol. The normalized spacial score (nSPS) is 11.7. The number of hydrogen-bond donors (Lipinski definition) is 0. The van der Waals surface area contributed by atoms with E-state index in [0.717, 1.165) is 15.2 Å². The van der Waals surface area contributed by atoms with Crippen LogP contribution in [0.3, 0.4) is 0 Å². The lowest BCUT2D eigenvalue weighted by molar-refractivity contribution is -0.138. The molecule has 0 fully saturated rings. The van der Waals surface area contributed by atoms with E-state index in [2.05, 4.69) is 0 Å². The molecule has 0 spiro atoms. The summed E-state index contributed by atoms with van der Waals surface area (Å²) in [6.07, 6.45) is -4.09. The van der Waals surface area contributed by atoms with Gasteiger partial charge in [-0.3, -0.25) is 18.7 Å². The van der Waals surface area contributed by atoms with E-state index >= 15 is 0 Å². The van der Waals surface area contributed by atoms with Crippen LogP contribution in [0.15, 0.2) is 32.7 Å². The van der Waals surface area contributed by atoms with Crippen molar-refractivity contribution in [3.8, 4) is 0 Å². The molecule has 2 rings (SSSR count). The Morgan fingerprint density at radius 1 is 1.09 bits per heavy atom. The van der Waals surface area contributed by atoms with Gasteiger partial charge < -0.3 is 4.57 Å². The van der Waals surface area contributed by atoms with E-state index in [-0.39, 0.29) is 5.69 Å². The first kappa shape index (κ1) is 17.1. The van der Waals surface area contributed by atoms with Crippen molar-refractivity contribution in [1.29, 1.82) is 0 Å². The van der Waals surface area contributed by atoms with E-state index in [1.807, 2.05) is 0 Å². The van der Waals surface area contributed by atoms with Crippen LogP contribution >= 0.6 is 11.6 Å². The molecule has 0 aliphatic rings. The topological polar surface area (TPSA) is 66.0 Å². The second-order valence-electron chi connectivity index (χ2n) is 4.88. The van der Waals surface area contributed by atoms with Gasteiger partial charge in [0.05, 0.1) is 12.1 Å². The van der Waals surface area contributed by atoms with Crippen molar-refractivity contribution < 1.29 is 13.2 Å². The van der Waals surface area contributed by atoms with Crippen LogP contribution in [0.5, 0.6) is 0 Å². The Labute approximate surface area is 132 Å². The minimum absolute atomic E-state index is 0.0793. The molecule has 0 aromatic carbocycles. The van der Waals surface area contributed by atoms with E-state index in [4.69, 9.17) is 11.6 Å². The lowest BCUT2D eigenvalue weighted by Gasteiger charge is -2.14. The van der Waals surface area contributed by atoms with Crippen molar-refractivity contribution in [2.75, 3.05) is 0 Å². The Balaban J connectivity index is 2.62. The zero-order chi connectivity index (χ0) is 17.5. The lowest BCUT2D eigenvalue weighted by Crippen LogP contribution is -2.39. The molecule has 2 aromatic heterocycles. The van der Waals surface area contributed by atoms with Gasteiger partial charge in [-0.2, -0.15) is 13.2 Å². The average Bonchev–Trinajstić information content (AvgIpc) is 2.45. The maximum atomic E-state index is 12.8. The van der Waals surface area contributed by atoms with Gasteiger partial charge in [-0.25, -0.2) is 4.79 Å². The molecule has 2 heterocycles. The summed E-state index contributed by atoms with van der Waals surface area (Å²) in [5.41, 5.74) is -3.16. The highest BCUT2D eigenvalue weighted by atomic mass is 35.5. The molecule has 0 radical (unpaired) electrons. The first-order valence-electron chi connectivity index (χ1n) is 6.25. The summed E-state index contributed by atoms with van der Waals surface area (Å²) in [6, 6.07) is 1.60. The molecule has 23 heavy (non-hydrogen) atoms. The molecular formula is C13H11ClF3N3O3. The average molecular weight is 350 g/mol. The highest BCUT2D eigenvalue weighted by Crippen LogP contribution is 2.29. The third kappa shape index (κ3) is 3.24. The second-order valence-corrected chi connectivity index (χ2v) is 5.29. The molecule has 0 saturated carbocycles. The van der Waals surface area contributed by atoms with E-state index in [0.29, 0.717) is 16.8 Å². The van der Waals surface area contributed by atoms with E-state index in [9.17, 15) is 27.6 Å². The van der Waals surface area contributed by atoms with E-state index in [1.165, 1.54) is 14.1 Å². The summed E-state index contributed by atoms with van der Waals surface area (Å²) in [6.45, 7) is -0.399. The third-order valence-electron chi connectivity index (χ3n) is 3.33. The summed E-state index contributed by atoms with van der Waals surface area (Å²) in [7, 11) is 2.61. The number of pyridine rings is 1. The number of nitrogens with zero attached hydrogens (tertiary/aromatic N) is 3. The van der Waals surface area contributed by atoms with Crippen LogP contribution in [0, 0.1) is 0 Å². The van der Waals surface area contributed by atoms with Crippen LogP contribution in [0.2, 0.25) is 5.02 Å². The standard InChI is InChI=1S/C13H11ClF3N3O3/c1-18-8(4-10(21)19(2)12(18)23)6-20-5-7(13(15,16)17)3-9(14)11(20)22/h3-5H,6H2,1-2H3. The summed E-state index contributed by atoms with van der Waals surface area (Å²) >= 11 is 5.55. The smallest absolute Gasteiger partial charge is 0.308 e. The predicted octanol–water partition coefficient (Wildman–Crippen LogP) is 0.966. The van der Waals surface area contributed by atoms with Gasteiger partial charge in [0.15, 0.2) is 0 Å². The first-order chi connectivity index (χ1) is 10.5. The molecule has 0 saturated heterocycles. The second kappa shape index (κ2) is 5.73. The minimum Gasteiger partial charge on any atom is -0.308 e. The van der Waals surface area contributed by atoms with Crippen molar-refractivity contribution in [3.63, 3.8) is 0 Å². The maximum absolute atomic E-state index is 12.8. The quantitative estimate of drug-likeness (QED) is 0.811. The number of hydrogen-bond acceptors (Lipinski definition) is 3. The molecule has 0 amide bonds. The number of halogens is 4. The Bertz CT molecular complexity index is 941. The summed E-state index contributed by atoms with van der Waals surface area (Å²) < 4.78 is 41.0. The van der Waals surface area contributed by atoms with Gasteiger partial charge in [0, 0.05) is 32.1 Å². The number of aromatic nitrogens is 3. The minimum atomic E-state index is -4.68. The molecule has 124 valence electrons. The van der Waals surface area contributed by atoms with E-state index in [1.54, 1.807) is 0 Å². The Kier molecular flexibility index (Phi) is 4.25. The fourth-order valence-corrected chi connectivity index (χ4v) is 2.20. The molecule has 10 heteroatoms. The van der Waals surface area contributed by atoms with Crippen LogP contribution in [0.25, 0.3) is 0 Å². The van der Waals surface area contributed by atoms with Crippen LogP contribution in [-0.4, -0.2) is 13.7 Å². The lowest BCUT2D eigenvalue weighted by atomic mass is 10.2. The van der Waals surface area contributed by atoms with Gasteiger partial charge in [0.2, 0.25) is 0 Å². The first-order valence-corrected chi connectivity index (χ1v) is 6.63. The Hall–Kier alpha value is -2.29. The van der Waals surface area contributed by atoms with Gasteiger partial charge in [-0.1, -0.05) is 11.6 Å². The van der Waals surface area contributed by atoms with Crippen LogP contribution in [0.4, 0.5) is 13.2 Å². The molecule has 2 aromatic rings. The molecule has 0 aliphatic carbocycles. The van der Waals surface area contributed by atoms with Crippen molar-refractivity contribution >= 4 is 11.6 Å². The molecule has 0 unspecified atom stereocenters.